The Morgan fingerprint density at radius 1 is 1.35 bits per heavy atom. The van der Waals surface area contributed by atoms with Crippen LogP contribution in [0.4, 0.5) is 0 Å². The van der Waals surface area contributed by atoms with Crippen molar-refractivity contribution >= 4 is 11.6 Å². The third-order valence-corrected chi connectivity index (χ3v) is 3.16. The number of benzene rings is 1. The van der Waals surface area contributed by atoms with Gasteiger partial charge in [-0.1, -0.05) is 18.5 Å². The van der Waals surface area contributed by atoms with Crippen molar-refractivity contribution in [2.75, 3.05) is 6.54 Å². The molecule has 0 fully saturated rings. The van der Waals surface area contributed by atoms with E-state index in [1.165, 1.54) is 0 Å². The number of aromatic nitrogens is 2. The number of hydrogen-bond donors (Lipinski definition) is 1. The lowest BCUT2D eigenvalue weighted by molar-refractivity contribution is 0.471. The van der Waals surface area contributed by atoms with Gasteiger partial charge in [-0.2, -0.15) is 5.10 Å². The minimum atomic E-state index is 0.718. The van der Waals surface area contributed by atoms with E-state index in [0.717, 1.165) is 48.1 Å². The quantitative estimate of drug-likeness (QED) is 0.788. The zero-order chi connectivity index (χ0) is 14.4. The Labute approximate surface area is 124 Å². The van der Waals surface area contributed by atoms with Gasteiger partial charge in [-0.15, -0.1) is 0 Å². The number of ether oxygens (including phenoxy) is 1. The zero-order valence-corrected chi connectivity index (χ0v) is 12.7. The largest absolute Gasteiger partial charge is 0.454 e. The summed E-state index contributed by atoms with van der Waals surface area (Å²) in [7, 11) is 0. The summed E-state index contributed by atoms with van der Waals surface area (Å²) in [5, 5.41) is 8.28. The molecule has 0 unspecified atom stereocenters. The first-order chi connectivity index (χ1) is 9.72. The maximum Gasteiger partial charge on any atom is 0.165 e. The molecule has 1 aromatic carbocycles. The second-order valence-corrected chi connectivity index (χ2v) is 5.00. The molecule has 0 atom stereocenters. The van der Waals surface area contributed by atoms with Crippen LogP contribution in [0.1, 0.15) is 25.8 Å². The second kappa shape index (κ2) is 7.31. The molecular formula is C15H20ClN3O. The summed E-state index contributed by atoms with van der Waals surface area (Å²) in [6.07, 6.45) is 4.71. The fourth-order valence-electron chi connectivity index (χ4n) is 1.88. The summed E-state index contributed by atoms with van der Waals surface area (Å²) in [5.74, 6) is 1.56. The molecule has 4 nitrogen and oxygen atoms in total. The predicted octanol–water partition coefficient (Wildman–Crippen LogP) is 3.85. The molecule has 108 valence electrons. The summed E-state index contributed by atoms with van der Waals surface area (Å²) in [4.78, 5) is 0. The number of hydrogen-bond acceptors (Lipinski definition) is 3. The van der Waals surface area contributed by atoms with Gasteiger partial charge in [0, 0.05) is 23.7 Å². The highest BCUT2D eigenvalue weighted by atomic mass is 35.5. The van der Waals surface area contributed by atoms with E-state index in [9.17, 15) is 0 Å². The highest BCUT2D eigenvalue weighted by Crippen LogP contribution is 2.27. The van der Waals surface area contributed by atoms with Crippen molar-refractivity contribution in [1.29, 1.82) is 0 Å². The van der Waals surface area contributed by atoms with Crippen molar-refractivity contribution in [2.45, 2.75) is 33.4 Å². The number of nitrogens with zero attached hydrogens (tertiary/aromatic N) is 2. The van der Waals surface area contributed by atoms with Gasteiger partial charge in [-0.3, -0.25) is 4.68 Å². The number of aryl methyl sites for hydroxylation is 1. The molecule has 1 N–H and O–H groups in total. The Bertz CT molecular complexity index is 554. The van der Waals surface area contributed by atoms with Crippen LogP contribution >= 0.6 is 11.6 Å². The molecular weight excluding hydrogens is 274 g/mol. The predicted molar refractivity (Wildman–Crippen MR) is 81.4 cm³/mol. The molecule has 0 saturated carbocycles. The van der Waals surface area contributed by atoms with Crippen LogP contribution in [-0.2, 0) is 13.1 Å². The molecule has 0 aliphatic rings. The molecule has 1 aromatic heterocycles. The molecule has 0 radical (unpaired) electrons. The van der Waals surface area contributed by atoms with Gasteiger partial charge in [-0.05, 0) is 38.1 Å². The smallest absolute Gasteiger partial charge is 0.165 e. The summed E-state index contributed by atoms with van der Waals surface area (Å²) in [5.41, 5.74) is 1.05. The van der Waals surface area contributed by atoms with E-state index >= 15 is 0 Å². The van der Waals surface area contributed by atoms with Crippen molar-refractivity contribution in [2.24, 2.45) is 0 Å². The first-order valence-electron chi connectivity index (χ1n) is 6.92. The summed E-state index contributed by atoms with van der Waals surface area (Å²) < 4.78 is 7.73. The lowest BCUT2D eigenvalue weighted by Gasteiger charge is -2.11. The fraction of sp³-hybridized carbons (Fsp3) is 0.400. The van der Waals surface area contributed by atoms with Crippen LogP contribution < -0.4 is 10.1 Å². The molecule has 0 amide bonds. The normalized spacial score (nSPS) is 10.8. The van der Waals surface area contributed by atoms with Gasteiger partial charge in [0.05, 0.1) is 12.4 Å². The molecule has 0 bridgehead atoms. The molecule has 1 heterocycles. The average Bonchev–Trinajstić information content (AvgIpc) is 2.90. The summed E-state index contributed by atoms with van der Waals surface area (Å²) in [6, 6.07) is 5.67. The van der Waals surface area contributed by atoms with Crippen molar-refractivity contribution < 1.29 is 4.74 Å². The van der Waals surface area contributed by atoms with Gasteiger partial charge in [0.25, 0.3) is 0 Å². The van der Waals surface area contributed by atoms with Crippen LogP contribution in [0.5, 0.6) is 11.5 Å². The van der Waals surface area contributed by atoms with Crippen LogP contribution in [-0.4, -0.2) is 16.3 Å². The Balaban J connectivity index is 2.12. The van der Waals surface area contributed by atoms with Crippen molar-refractivity contribution in [3.8, 4) is 11.5 Å². The lowest BCUT2D eigenvalue weighted by atomic mass is 10.2. The Hall–Kier alpha value is -1.52. The molecule has 0 aliphatic heterocycles. The molecule has 20 heavy (non-hydrogen) atoms. The molecule has 0 saturated heterocycles. The van der Waals surface area contributed by atoms with E-state index in [4.69, 9.17) is 16.3 Å². The maximum atomic E-state index is 6.06. The Kier molecular flexibility index (Phi) is 5.44. The highest BCUT2D eigenvalue weighted by molar-refractivity contribution is 6.30. The molecule has 2 rings (SSSR count). The first-order valence-corrected chi connectivity index (χ1v) is 7.30. The van der Waals surface area contributed by atoms with E-state index in [1.54, 1.807) is 6.20 Å². The summed E-state index contributed by atoms with van der Waals surface area (Å²) in [6.45, 7) is 6.72. The average molecular weight is 294 g/mol. The van der Waals surface area contributed by atoms with E-state index < -0.39 is 0 Å². The number of nitrogens with one attached hydrogen (secondary N) is 1. The number of halogens is 1. The van der Waals surface area contributed by atoms with E-state index in [0.29, 0.717) is 0 Å². The van der Waals surface area contributed by atoms with E-state index in [-0.39, 0.29) is 0 Å². The van der Waals surface area contributed by atoms with Gasteiger partial charge in [0.2, 0.25) is 0 Å². The third kappa shape index (κ3) is 3.99. The third-order valence-electron chi connectivity index (χ3n) is 2.93. The van der Waals surface area contributed by atoms with Crippen molar-refractivity contribution in [3.63, 3.8) is 0 Å². The van der Waals surface area contributed by atoms with Crippen molar-refractivity contribution in [3.05, 3.63) is 41.2 Å². The fourth-order valence-corrected chi connectivity index (χ4v) is 2.08. The number of rotatable bonds is 7. The van der Waals surface area contributed by atoms with Crippen LogP contribution in [0.3, 0.4) is 0 Å². The maximum absolute atomic E-state index is 6.06. The van der Waals surface area contributed by atoms with Gasteiger partial charge in [0.1, 0.15) is 5.75 Å². The van der Waals surface area contributed by atoms with Crippen LogP contribution in [0, 0.1) is 0 Å². The Morgan fingerprint density at radius 3 is 2.90 bits per heavy atom. The second-order valence-electron chi connectivity index (χ2n) is 4.56. The zero-order valence-electron chi connectivity index (χ0n) is 11.9. The first kappa shape index (κ1) is 14.9. The topological polar surface area (TPSA) is 39.1 Å². The van der Waals surface area contributed by atoms with Gasteiger partial charge in [0.15, 0.2) is 5.75 Å². The van der Waals surface area contributed by atoms with Crippen molar-refractivity contribution in [1.82, 2.24) is 15.1 Å². The monoisotopic (exact) mass is 293 g/mol. The van der Waals surface area contributed by atoms with Gasteiger partial charge < -0.3 is 10.1 Å². The van der Waals surface area contributed by atoms with Crippen LogP contribution in [0.2, 0.25) is 5.02 Å². The minimum Gasteiger partial charge on any atom is -0.454 e. The highest BCUT2D eigenvalue weighted by Gasteiger charge is 2.07. The lowest BCUT2D eigenvalue weighted by Crippen LogP contribution is -2.14. The molecule has 2 aromatic rings. The van der Waals surface area contributed by atoms with Crippen LogP contribution in [0.15, 0.2) is 30.6 Å². The van der Waals surface area contributed by atoms with E-state index in [1.807, 2.05) is 36.0 Å². The summed E-state index contributed by atoms with van der Waals surface area (Å²) >= 11 is 6.06. The van der Waals surface area contributed by atoms with Crippen LogP contribution in [0.25, 0.3) is 0 Å². The van der Waals surface area contributed by atoms with E-state index in [2.05, 4.69) is 17.3 Å². The van der Waals surface area contributed by atoms with Gasteiger partial charge >= 0.3 is 0 Å². The Morgan fingerprint density at radius 2 is 2.20 bits per heavy atom. The SMILES string of the molecule is CCCNCc1cc(Cl)ccc1Oc1cnn(CC)c1. The molecule has 0 aliphatic carbocycles. The van der Waals surface area contributed by atoms with Gasteiger partial charge in [-0.25, -0.2) is 0 Å². The molecule has 5 heteroatoms. The standard InChI is InChI=1S/C15H20ClN3O/c1-3-7-17-9-12-8-13(16)5-6-15(12)20-14-10-18-19(4-2)11-14/h5-6,8,10-11,17H,3-4,7,9H2,1-2H3. The minimum absolute atomic E-state index is 0.718. The molecule has 0 spiro atoms.